The second kappa shape index (κ2) is 13.0. The van der Waals surface area contributed by atoms with Crippen molar-refractivity contribution in [1.82, 2.24) is 15.0 Å². The first-order valence-corrected chi connectivity index (χ1v) is 8.90. The van der Waals surface area contributed by atoms with E-state index in [4.69, 9.17) is 10.8 Å². The maximum Gasteiger partial charge on any atom is 0.307 e. The van der Waals surface area contributed by atoms with Crippen molar-refractivity contribution in [1.29, 1.82) is 0 Å². The van der Waals surface area contributed by atoms with Gasteiger partial charge in [0, 0.05) is 12.4 Å². The number of imidazole rings is 1. The van der Waals surface area contributed by atoms with Crippen molar-refractivity contribution < 1.29 is 30.3 Å². The molecule has 162 valence electrons. The molecule has 0 aliphatic carbocycles. The molecule has 31 heavy (non-hydrogen) atoms. The Morgan fingerprint density at radius 2 is 1.52 bits per heavy atom. The topological polar surface area (TPSA) is 191 Å². The van der Waals surface area contributed by atoms with Gasteiger partial charge in [-0.05, 0) is 11.1 Å². The van der Waals surface area contributed by atoms with E-state index in [9.17, 15) is 14.7 Å². The fraction of sp³-hybridized carbons (Fsp3) is 0.0952. The van der Waals surface area contributed by atoms with Crippen molar-refractivity contribution in [3.05, 3.63) is 84.4 Å². The molecular weight excluding hydrogens is 402 g/mol. The van der Waals surface area contributed by atoms with Crippen molar-refractivity contribution in [2.24, 2.45) is 0 Å². The molecule has 0 amide bonds. The second-order valence-electron chi connectivity index (χ2n) is 6.00. The lowest BCUT2D eigenvalue weighted by atomic mass is 10.2. The molecule has 0 saturated heterocycles. The van der Waals surface area contributed by atoms with E-state index in [-0.39, 0.29) is 18.3 Å². The number of hydrogen-bond acceptors (Lipinski definition) is 6. The SMILES string of the molecule is Nc1nc[nH+]c2nc[nH]c12.O.O=C(O)Cc1ccccc1.O=C([O-])Cc1ccccc1. The molecule has 0 saturated carbocycles. The van der Waals surface area contributed by atoms with Gasteiger partial charge in [0.1, 0.15) is 0 Å². The van der Waals surface area contributed by atoms with Gasteiger partial charge >= 0.3 is 5.97 Å². The smallest absolute Gasteiger partial charge is 0.307 e. The third-order valence-corrected chi connectivity index (χ3v) is 3.69. The van der Waals surface area contributed by atoms with E-state index in [0.29, 0.717) is 5.82 Å². The molecule has 0 atom stereocenters. The molecule has 7 N–H and O–H groups in total. The molecule has 10 heteroatoms. The van der Waals surface area contributed by atoms with Gasteiger partial charge in [-0.1, -0.05) is 70.6 Å². The molecule has 0 bridgehead atoms. The number of anilines is 1. The molecule has 4 rings (SSSR count). The maximum absolute atomic E-state index is 10.2. The zero-order chi connectivity index (χ0) is 21.8. The first kappa shape index (κ1) is 24.7. The third-order valence-electron chi connectivity index (χ3n) is 3.69. The summed E-state index contributed by atoms with van der Waals surface area (Å²) in [7, 11) is 0. The molecule has 2 heterocycles. The van der Waals surface area contributed by atoms with Gasteiger partial charge < -0.3 is 31.2 Å². The Kier molecular flexibility index (Phi) is 10.4. The Morgan fingerprint density at radius 3 is 2.00 bits per heavy atom. The first-order valence-electron chi connectivity index (χ1n) is 8.90. The highest BCUT2D eigenvalue weighted by molar-refractivity contribution is 5.77. The van der Waals surface area contributed by atoms with Crippen LogP contribution in [0.3, 0.4) is 0 Å². The van der Waals surface area contributed by atoms with E-state index in [1.807, 2.05) is 24.3 Å². The summed E-state index contributed by atoms with van der Waals surface area (Å²) in [5.41, 5.74) is 8.60. The van der Waals surface area contributed by atoms with E-state index in [0.717, 1.165) is 22.3 Å². The van der Waals surface area contributed by atoms with E-state index in [1.165, 1.54) is 6.33 Å². The summed E-state index contributed by atoms with van der Waals surface area (Å²) in [6, 6.07) is 18.1. The fourth-order valence-corrected chi connectivity index (χ4v) is 2.36. The summed E-state index contributed by atoms with van der Waals surface area (Å²) in [5, 5.41) is 18.4. The van der Waals surface area contributed by atoms with E-state index < -0.39 is 11.9 Å². The summed E-state index contributed by atoms with van der Waals surface area (Å²) >= 11 is 0. The van der Waals surface area contributed by atoms with Gasteiger partial charge in [0.05, 0.1) is 6.42 Å². The summed E-state index contributed by atoms with van der Waals surface area (Å²) < 4.78 is 0. The van der Waals surface area contributed by atoms with Crippen LogP contribution in [-0.4, -0.2) is 37.5 Å². The molecular formula is C21H23N5O5. The number of hydrogen-bond donors (Lipinski definition) is 3. The molecule has 0 aliphatic heterocycles. The van der Waals surface area contributed by atoms with Crippen LogP contribution >= 0.6 is 0 Å². The van der Waals surface area contributed by atoms with Gasteiger partial charge in [-0.25, -0.2) is 4.98 Å². The van der Waals surface area contributed by atoms with Crippen molar-refractivity contribution in [2.75, 3.05) is 5.73 Å². The second-order valence-corrected chi connectivity index (χ2v) is 6.00. The number of benzene rings is 2. The van der Waals surface area contributed by atoms with Crippen LogP contribution in [0.2, 0.25) is 0 Å². The average Bonchev–Trinajstić information content (AvgIpc) is 3.20. The van der Waals surface area contributed by atoms with Gasteiger partial charge in [-0.2, -0.15) is 0 Å². The van der Waals surface area contributed by atoms with Crippen molar-refractivity contribution in [3.63, 3.8) is 0 Å². The zero-order valence-electron chi connectivity index (χ0n) is 16.5. The van der Waals surface area contributed by atoms with Crippen LogP contribution in [0.1, 0.15) is 11.1 Å². The summed E-state index contributed by atoms with van der Waals surface area (Å²) in [4.78, 5) is 33.7. The highest BCUT2D eigenvalue weighted by Gasteiger charge is 2.06. The van der Waals surface area contributed by atoms with Gasteiger partial charge in [-0.15, -0.1) is 0 Å². The molecule has 0 unspecified atom stereocenters. The number of carboxylic acids is 2. The van der Waals surface area contributed by atoms with E-state index in [1.54, 1.807) is 42.7 Å². The number of carboxylic acid groups (broad SMARTS) is 2. The molecule has 0 radical (unpaired) electrons. The van der Waals surface area contributed by atoms with Gasteiger partial charge in [0.25, 0.3) is 5.65 Å². The fourth-order valence-electron chi connectivity index (χ4n) is 2.36. The summed E-state index contributed by atoms with van der Waals surface area (Å²) in [6.45, 7) is 0. The zero-order valence-corrected chi connectivity index (χ0v) is 16.5. The minimum absolute atomic E-state index is 0. The highest BCUT2D eigenvalue weighted by atomic mass is 16.4. The Balaban J connectivity index is 0.000000229. The van der Waals surface area contributed by atoms with Crippen molar-refractivity contribution in [3.8, 4) is 0 Å². The van der Waals surface area contributed by atoms with Gasteiger partial charge in [0.2, 0.25) is 12.1 Å². The lowest BCUT2D eigenvalue weighted by molar-refractivity contribution is -0.352. The standard InChI is InChI=1S/2C8H8O2.C5H5N5.H2O/c2*9-8(10)6-7-4-2-1-3-5-7;6-4-3-5(9-1-7-3)10-2-8-4;/h2*1-5H,6H2,(H,9,10);1-2H,(H3,6,7,8,9,10);1H2. The number of carbonyl (C=O) groups is 2. The molecule has 2 aromatic carbocycles. The number of nitrogen functional groups attached to an aromatic ring is 1. The first-order chi connectivity index (χ1) is 14.5. The largest absolute Gasteiger partial charge is 0.550 e. The normalized spacial score (nSPS) is 9.29. The number of nitrogens with one attached hydrogen (secondary N) is 2. The van der Waals surface area contributed by atoms with Crippen LogP contribution in [0, 0.1) is 0 Å². The molecule has 2 aromatic heterocycles. The van der Waals surface area contributed by atoms with Gasteiger partial charge in [0.15, 0.2) is 11.8 Å². The minimum Gasteiger partial charge on any atom is -0.550 e. The lowest BCUT2D eigenvalue weighted by Crippen LogP contribution is -2.24. The van der Waals surface area contributed by atoms with Crippen LogP contribution in [0.25, 0.3) is 11.2 Å². The molecule has 0 spiro atoms. The Labute approximate surface area is 177 Å². The van der Waals surface area contributed by atoms with E-state index >= 15 is 0 Å². The monoisotopic (exact) mass is 425 g/mol. The number of fused-ring (bicyclic) bond motifs is 1. The number of aliphatic carboxylic acids is 2. The number of aromatic nitrogens is 4. The lowest BCUT2D eigenvalue weighted by Gasteiger charge is -1.99. The third kappa shape index (κ3) is 9.15. The van der Waals surface area contributed by atoms with Crippen LogP contribution in [0.15, 0.2) is 73.3 Å². The minimum atomic E-state index is -1.04. The number of H-pyrrole nitrogens is 2. The molecule has 0 fully saturated rings. The van der Waals surface area contributed by atoms with Crippen molar-refractivity contribution in [2.45, 2.75) is 12.8 Å². The number of nitrogens with zero attached hydrogens (tertiary/aromatic N) is 2. The summed E-state index contributed by atoms with van der Waals surface area (Å²) in [6.07, 6.45) is 3.19. The number of rotatable bonds is 4. The number of carbonyl (C=O) groups excluding carboxylic acids is 1. The quantitative estimate of drug-likeness (QED) is 0.404. The van der Waals surface area contributed by atoms with Crippen molar-refractivity contribution >= 4 is 28.9 Å². The predicted octanol–water partition coefficient (Wildman–Crippen LogP) is -0.178. The molecule has 10 nitrogen and oxygen atoms in total. The van der Waals surface area contributed by atoms with Crippen LogP contribution in [0.5, 0.6) is 0 Å². The number of aromatic amines is 2. The molecule has 0 aliphatic rings. The summed E-state index contributed by atoms with van der Waals surface area (Å²) in [5.74, 6) is -1.36. The van der Waals surface area contributed by atoms with Crippen LogP contribution in [0.4, 0.5) is 5.82 Å². The Hall–Kier alpha value is -4.31. The molecule has 4 aromatic rings. The van der Waals surface area contributed by atoms with Crippen LogP contribution < -0.4 is 15.8 Å². The maximum atomic E-state index is 10.2. The highest BCUT2D eigenvalue weighted by Crippen LogP contribution is 2.06. The van der Waals surface area contributed by atoms with Gasteiger partial charge in [-0.3, -0.25) is 4.79 Å². The Morgan fingerprint density at radius 1 is 0.968 bits per heavy atom. The number of nitrogens with two attached hydrogens (primary N) is 1. The predicted molar refractivity (Wildman–Crippen MR) is 111 cm³/mol. The van der Waals surface area contributed by atoms with Crippen LogP contribution in [-0.2, 0) is 22.4 Å². The van der Waals surface area contributed by atoms with E-state index in [2.05, 4.69) is 19.9 Å². The average molecular weight is 425 g/mol. The Bertz CT molecular complexity index is 1020.